The lowest BCUT2D eigenvalue weighted by Crippen LogP contribution is -2.33. The van der Waals surface area contributed by atoms with E-state index in [4.69, 9.17) is 11.6 Å². The van der Waals surface area contributed by atoms with Crippen molar-refractivity contribution >= 4 is 40.0 Å². The van der Waals surface area contributed by atoms with E-state index < -0.39 is 0 Å². The molecule has 2 N–H and O–H groups in total. The van der Waals surface area contributed by atoms with Crippen LogP contribution in [0.15, 0.2) is 48.7 Å². The maximum absolute atomic E-state index is 12.3. The third-order valence-corrected chi connectivity index (χ3v) is 5.09. The Hall–Kier alpha value is -2.79. The van der Waals surface area contributed by atoms with Crippen LogP contribution < -0.4 is 5.32 Å². The summed E-state index contributed by atoms with van der Waals surface area (Å²) in [6, 6.07) is 13.5. The van der Waals surface area contributed by atoms with Crippen molar-refractivity contribution in [3.63, 3.8) is 0 Å². The molecule has 0 radical (unpaired) electrons. The number of carbonyl (C=O) groups excluding carboxylic acids is 2. The Labute approximate surface area is 169 Å². The molecule has 0 fully saturated rings. The predicted molar refractivity (Wildman–Crippen MR) is 114 cm³/mol. The van der Waals surface area contributed by atoms with E-state index in [0.29, 0.717) is 23.8 Å². The lowest BCUT2D eigenvalue weighted by Gasteiger charge is -2.21. The maximum atomic E-state index is 12.3. The van der Waals surface area contributed by atoms with E-state index in [9.17, 15) is 9.59 Å². The number of anilines is 1. The van der Waals surface area contributed by atoms with Crippen LogP contribution in [0, 0.1) is 6.92 Å². The van der Waals surface area contributed by atoms with E-state index in [1.165, 1.54) is 17.9 Å². The second kappa shape index (κ2) is 8.93. The van der Waals surface area contributed by atoms with E-state index in [1.807, 2.05) is 37.4 Å². The summed E-state index contributed by atoms with van der Waals surface area (Å²) in [4.78, 5) is 29.3. The molecule has 0 spiro atoms. The molecule has 1 aromatic heterocycles. The zero-order chi connectivity index (χ0) is 20.1. The Morgan fingerprint density at radius 3 is 2.71 bits per heavy atom. The minimum atomic E-state index is -0.135. The van der Waals surface area contributed by atoms with Crippen molar-refractivity contribution in [3.05, 3.63) is 64.8 Å². The molecule has 0 bridgehead atoms. The monoisotopic (exact) mass is 397 g/mol. The number of nitrogens with one attached hydrogen (secondary N) is 2. The SMILES string of the molecule is CC(=O)N(CCC(=O)Nc1cc(Cl)ccc1C)CCc1c[nH]c2ccccc12. The number of H-pyrrole nitrogens is 1. The number of benzene rings is 2. The molecule has 3 aromatic rings. The van der Waals surface area contributed by atoms with Gasteiger partial charge < -0.3 is 15.2 Å². The van der Waals surface area contributed by atoms with Crippen LogP contribution in [0.2, 0.25) is 5.02 Å². The van der Waals surface area contributed by atoms with Gasteiger partial charge in [0.1, 0.15) is 0 Å². The molecule has 146 valence electrons. The maximum Gasteiger partial charge on any atom is 0.226 e. The van der Waals surface area contributed by atoms with Crippen LogP contribution >= 0.6 is 11.6 Å². The summed E-state index contributed by atoms with van der Waals surface area (Å²) in [6.07, 6.45) is 2.95. The first-order valence-electron chi connectivity index (χ1n) is 9.30. The second-order valence-electron chi connectivity index (χ2n) is 6.87. The number of halogens is 1. The number of aromatic amines is 1. The predicted octanol–water partition coefficient (Wildman–Crippen LogP) is 4.55. The standard InChI is InChI=1S/C22H24ClN3O2/c1-15-7-8-18(23)13-21(15)25-22(28)10-12-26(16(2)27)11-9-17-14-24-20-6-4-3-5-19(17)20/h3-8,13-14,24H,9-12H2,1-2H3,(H,25,28). The molecule has 0 atom stereocenters. The fourth-order valence-electron chi connectivity index (χ4n) is 3.20. The van der Waals surface area contributed by atoms with Crippen molar-refractivity contribution in [2.24, 2.45) is 0 Å². The van der Waals surface area contributed by atoms with Crippen molar-refractivity contribution in [2.75, 3.05) is 18.4 Å². The summed E-state index contributed by atoms with van der Waals surface area (Å²) in [5.41, 5.74) is 3.90. The van der Waals surface area contributed by atoms with Gasteiger partial charge in [0.2, 0.25) is 11.8 Å². The van der Waals surface area contributed by atoms with Gasteiger partial charge in [0.25, 0.3) is 0 Å². The zero-order valence-corrected chi connectivity index (χ0v) is 16.8. The zero-order valence-electron chi connectivity index (χ0n) is 16.1. The van der Waals surface area contributed by atoms with Crippen LogP contribution in [0.1, 0.15) is 24.5 Å². The summed E-state index contributed by atoms with van der Waals surface area (Å²) < 4.78 is 0. The molecule has 0 saturated heterocycles. The van der Waals surface area contributed by atoms with Gasteiger partial charge in [-0.05, 0) is 42.7 Å². The molecule has 0 aliphatic rings. The van der Waals surface area contributed by atoms with Crippen molar-refractivity contribution < 1.29 is 9.59 Å². The summed E-state index contributed by atoms with van der Waals surface area (Å²) in [5, 5.41) is 4.61. The van der Waals surface area contributed by atoms with Crippen LogP contribution in [0.5, 0.6) is 0 Å². The normalized spacial score (nSPS) is 10.8. The topological polar surface area (TPSA) is 65.2 Å². The number of hydrogen-bond acceptors (Lipinski definition) is 2. The summed E-state index contributed by atoms with van der Waals surface area (Å²) in [5.74, 6) is -0.171. The van der Waals surface area contributed by atoms with Crippen molar-refractivity contribution in [1.29, 1.82) is 0 Å². The van der Waals surface area contributed by atoms with Crippen LogP contribution in [0.25, 0.3) is 10.9 Å². The summed E-state index contributed by atoms with van der Waals surface area (Å²) in [7, 11) is 0. The molecule has 2 amide bonds. The fraction of sp³-hybridized carbons (Fsp3) is 0.273. The number of aryl methyl sites for hydroxylation is 1. The van der Waals surface area contributed by atoms with Crippen molar-refractivity contribution in [1.82, 2.24) is 9.88 Å². The highest BCUT2D eigenvalue weighted by Gasteiger charge is 2.13. The molecule has 28 heavy (non-hydrogen) atoms. The smallest absolute Gasteiger partial charge is 0.226 e. The highest BCUT2D eigenvalue weighted by molar-refractivity contribution is 6.31. The fourth-order valence-corrected chi connectivity index (χ4v) is 3.37. The van der Waals surface area contributed by atoms with Gasteiger partial charge in [-0.2, -0.15) is 0 Å². The third-order valence-electron chi connectivity index (χ3n) is 4.85. The molecule has 0 aliphatic carbocycles. The number of rotatable bonds is 7. The van der Waals surface area contributed by atoms with Gasteiger partial charge in [-0.15, -0.1) is 0 Å². The van der Waals surface area contributed by atoms with Crippen molar-refractivity contribution in [3.8, 4) is 0 Å². The summed E-state index contributed by atoms with van der Waals surface area (Å²) in [6.45, 7) is 4.40. The van der Waals surface area contributed by atoms with Crippen LogP contribution in [-0.4, -0.2) is 34.8 Å². The van der Waals surface area contributed by atoms with Gasteiger partial charge >= 0.3 is 0 Å². The Kier molecular flexibility index (Phi) is 6.37. The lowest BCUT2D eigenvalue weighted by atomic mass is 10.1. The molecule has 2 aromatic carbocycles. The average molecular weight is 398 g/mol. The van der Waals surface area contributed by atoms with E-state index in [0.717, 1.165) is 17.5 Å². The van der Waals surface area contributed by atoms with E-state index in [1.54, 1.807) is 17.0 Å². The number of amides is 2. The van der Waals surface area contributed by atoms with Gasteiger partial charge in [0.15, 0.2) is 0 Å². The number of para-hydroxylation sites is 1. The quantitative estimate of drug-likeness (QED) is 0.614. The van der Waals surface area contributed by atoms with Crippen molar-refractivity contribution in [2.45, 2.75) is 26.7 Å². The lowest BCUT2D eigenvalue weighted by molar-refractivity contribution is -0.129. The van der Waals surface area contributed by atoms with Gasteiger partial charge in [-0.1, -0.05) is 35.9 Å². The molecule has 6 heteroatoms. The van der Waals surface area contributed by atoms with E-state index >= 15 is 0 Å². The minimum Gasteiger partial charge on any atom is -0.361 e. The van der Waals surface area contributed by atoms with Crippen LogP contribution in [0.3, 0.4) is 0 Å². The largest absolute Gasteiger partial charge is 0.361 e. The van der Waals surface area contributed by atoms with Crippen LogP contribution in [-0.2, 0) is 16.0 Å². The molecule has 0 saturated carbocycles. The van der Waals surface area contributed by atoms with Crippen LogP contribution in [0.4, 0.5) is 5.69 Å². The molecule has 3 rings (SSSR count). The molecular formula is C22H24ClN3O2. The Bertz CT molecular complexity index is 996. The number of fused-ring (bicyclic) bond motifs is 1. The Balaban J connectivity index is 1.56. The van der Waals surface area contributed by atoms with Gasteiger partial charge in [0.05, 0.1) is 0 Å². The first kappa shape index (κ1) is 20.0. The van der Waals surface area contributed by atoms with Gasteiger partial charge in [-0.3, -0.25) is 9.59 Å². The number of nitrogens with zero attached hydrogens (tertiary/aromatic N) is 1. The average Bonchev–Trinajstić information content (AvgIpc) is 3.07. The highest BCUT2D eigenvalue weighted by atomic mass is 35.5. The van der Waals surface area contributed by atoms with Gasteiger partial charge in [0, 0.05) is 54.2 Å². The molecule has 5 nitrogen and oxygen atoms in total. The van der Waals surface area contributed by atoms with E-state index in [-0.39, 0.29) is 18.2 Å². The number of carbonyl (C=O) groups is 2. The number of aromatic nitrogens is 1. The molecule has 0 unspecified atom stereocenters. The first-order valence-corrected chi connectivity index (χ1v) is 9.68. The first-order chi connectivity index (χ1) is 13.4. The second-order valence-corrected chi connectivity index (χ2v) is 7.31. The Morgan fingerprint density at radius 1 is 1.14 bits per heavy atom. The Morgan fingerprint density at radius 2 is 1.93 bits per heavy atom. The molecule has 1 heterocycles. The third kappa shape index (κ3) is 4.93. The molecule has 0 aliphatic heterocycles. The highest BCUT2D eigenvalue weighted by Crippen LogP contribution is 2.21. The van der Waals surface area contributed by atoms with E-state index in [2.05, 4.69) is 16.4 Å². The van der Waals surface area contributed by atoms with Gasteiger partial charge in [-0.25, -0.2) is 0 Å². The molecular weight excluding hydrogens is 374 g/mol. The minimum absolute atomic E-state index is 0.0356. The number of hydrogen-bond donors (Lipinski definition) is 2. The summed E-state index contributed by atoms with van der Waals surface area (Å²) >= 11 is 5.99.